The summed E-state index contributed by atoms with van der Waals surface area (Å²) in [5, 5.41) is 16.7. The topological polar surface area (TPSA) is 128 Å². The molecule has 0 bridgehead atoms. The number of nitrogens with zero attached hydrogens (tertiary/aromatic N) is 1. The smallest absolute Gasteiger partial charge is 0.264 e. The average molecular weight is 664 g/mol. The van der Waals surface area contributed by atoms with Crippen LogP contribution in [-0.4, -0.2) is 38.6 Å². The molecule has 3 aromatic carbocycles. The van der Waals surface area contributed by atoms with Crippen LogP contribution in [0.25, 0.3) is 0 Å². The van der Waals surface area contributed by atoms with Crippen molar-refractivity contribution in [3.05, 3.63) is 99.0 Å². The van der Waals surface area contributed by atoms with Gasteiger partial charge in [-0.2, -0.15) is 5.26 Å². The highest BCUT2D eigenvalue weighted by Crippen LogP contribution is 2.52. The molecule has 232 valence electrons. The zero-order valence-corrected chi connectivity index (χ0v) is 26.5. The Morgan fingerprint density at radius 2 is 1.73 bits per heavy atom. The first-order chi connectivity index (χ1) is 20.5. The SMILES string of the molecule is CC(C)(C)C[C@H]1N[C@H](C(=O)Nc2ccc(C(=O)NS(C)(=O)=O)cc2)[C@@H](c2cccc(Cl)c2F)[C@]1(C#N)c1ccc(Cl)cc1F. The third-order valence-corrected chi connectivity index (χ3v) is 8.51. The standard InChI is InChI=1S/C31H30Cl2F2N4O4S/c1-30(2,3)15-24-31(16-36,21-13-10-18(32)14-23(21)34)25(20-6-5-7-22(33)26(20)35)27(38-24)29(41)37-19-11-8-17(9-12-19)28(40)39-44(4,42)43/h5-14,24-25,27,38H,15H2,1-4H3,(H,37,41)(H,39,40)/t24-,25-,27+,31-/m1/s1. The molecule has 4 atom stereocenters. The van der Waals surface area contributed by atoms with E-state index in [2.05, 4.69) is 16.7 Å². The summed E-state index contributed by atoms with van der Waals surface area (Å²) in [6.07, 6.45) is 1.15. The van der Waals surface area contributed by atoms with E-state index in [0.717, 1.165) is 12.3 Å². The van der Waals surface area contributed by atoms with Crippen molar-refractivity contribution in [3.8, 4) is 6.07 Å². The van der Waals surface area contributed by atoms with Crippen LogP contribution in [0.1, 0.15) is 54.6 Å². The molecule has 1 aliphatic rings. The Morgan fingerprint density at radius 1 is 1.07 bits per heavy atom. The molecule has 0 aromatic heterocycles. The normalized spacial score (nSPS) is 21.8. The minimum absolute atomic E-state index is 0.0262. The maximum Gasteiger partial charge on any atom is 0.264 e. The van der Waals surface area contributed by atoms with Crippen LogP contribution in [0, 0.1) is 28.4 Å². The van der Waals surface area contributed by atoms with Crippen LogP contribution in [0.5, 0.6) is 0 Å². The fraction of sp³-hybridized carbons (Fsp3) is 0.323. The van der Waals surface area contributed by atoms with Gasteiger partial charge in [0.25, 0.3) is 5.91 Å². The lowest BCUT2D eigenvalue weighted by molar-refractivity contribution is -0.118. The third-order valence-electron chi connectivity index (χ3n) is 7.42. The Kier molecular flexibility index (Phi) is 9.43. The molecule has 0 saturated carbocycles. The minimum Gasteiger partial charge on any atom is -0.325 e. The summed E-state index contributed by atoms with van der Waals surface area (Å²) in [6.45, 7) is 5.79. The zero-order chi connectivity index (χ0) is 32.6. The molecule has 0 radical (unpaired) electrons. The van der Waals surface area contributed by atoms with Crippen molar-refractivity contribution in [2.75, 3.05) is 11.6 Å². The molecule has 3 N–H and O–H groups in total. The van der Waals surface area contributed by atoms with E-state index in [1.165, 1.54) is 54.6 Å². The molecule has 8 nitrogen and oxygen atoms in total. The van der Waals surface area contributed by atoms with Gasteiger partial charge in [0.05, 0.1) is 23.4 Å². The highest BCUT2D eigenvalue weighted by Gasteiger charge is 2.61. The number of carbonyl (C=O) groups excluding carboxylic acids is 2. The number of nitrogens with one attached hydrogen (secondary N) is 3. The van der Waals surface area contributed by atoms with E-state index in [0.29, 0.717) is 6.42 Å². The molecule has 0 aliphatic carbocycles. The highest BCUT2D eigenvalue weighted by molar-refractivity contribution is 7.89. The van der Waals surface area contributed by atoms with Gasteiger partial charge in [-0.05, 0) is 59.9 Å². The number of nitriles is 1. The molecule has 1 saturated heterocycles. The monoisotopic (exact) mass is 662 g/mol. The Labute approximate surface area is 264 Å². The van der Waals surface area contributed by atoms with E-state index in [1.807, 2.05) is 25.5 Å². The molecule has 2 amide bonds. The van der Waals surface area contributed by atoms with Crippen molar-refractivity contribution in [1.29, 1.82) is 5.26 Å². The summed E-state index contributed by atoms with van der Waals surface area (Å²) in [5.41, 5.74) is -2.04. The van der Waals surface area contributed by atoms with Gasteiger partial charge in [0.15, 0.2) is 0 Å². The second-order valence-electron chi connectivity index (χ2n) is 12.0. The fourth-order valence-corrected chi connectivity index (χ4v) is 6.50. The van der Waals surface area contributed by atoms with Crippen molar-refractivity contribution in [1.82, 2.24) is 10.0 Å². The maximum absolute atomic E-state index is 15.8. The molecule has 1 heterocycles. The molecule has 0 unspecified atom stereocenters. The third kappa shape index (κ3) is 6.89. The Bertz CT molecular complexity index is 1760. The van der Waals surface area contributed by atoms with E-state index in [4.69, 9.17) is 23.2 Å². The summed E-state index contributed by atoms with van der Waals surface area (Å²) in [7, 11) is -3.79. The van der Waals surface area contributed by atoms with E-state index in [1.54, 1.807) is 0 Å². The largest absolute Gasteiger partial charge is 0.325 e. The van der Waals surface area contributed by atoms with Crippen LogP contribution < -0.4 is 15.4 Å². The van der Waals surface area contributed by atoms with Gasteiger partial charge < -0.3 is 10.6 Å². The van der Waals surface area contributed by atoms with Gasteiger partial charge in [0, 0.05) is 33.8 Å². The van der Waals surface area contributed by atoms with Crippen molar-refractivity contribution in [3.63, 3.8) is 0 Å². The van der Waals surface area contributed by atoms with Crippen molar-refractivity contribution >= 4 is 50.7 Å². The van der Waals surface area contributed by atoms with Gasteiger partial charge in [0.1, 0.15) is 17.0 Å². The van der Waals surface area contributed by atoms with Gasteiger partial charge in [-0.15, -0.1) is 0 Å². The molecule has 13 heteroatoms. The molecule has 3 aromatic rings. The van der Waals surface area contributed by atoms with Crippen molar-refractivity contribution < 1.29 is 26.8 Å². The molecule has 4 rings (SSSR count). The number of benzene rings is 3. The van der Waals surface area contributed by atoms with Gasteiger partial charge >= 0.3 is 0 Å². The lowest BCUT2D eigenvalue weighted by Crippen LogP contribution is -2.45. The quantitative estimate of drug-likeness (QED) is 0.288. The lowest BCUT2D eigenvalue weighted by atomic mass is 9.62. The van der Waals surface area contributed by atoms with Crippen LogP contribution in [0.4, 0.5) is 14.5 Å². The van der Waals surface area contributed by atoms with Crippen LogP contribution >= 0.6 is 23.2 Å². The first-order valence-corrected chi connectivity index (χ1v) is 16.1. The van der Waals surface area contributed by atoms with Crippen LogP contribution in [0.3, 0.4) is 0 Å². The van der Waals surface area contributed by atoms with E-state index >= 15 is 8.78 Å². The number of hydrogen-bond acceptors (Lipinski definition) is 6. The first kappa shape index (κ1) is 33.3. The van der Waals surface area contributed by atoms with Crippen LogP contribution in [-0.2, 0) is 20.2 Å². The number of sulfonamides is 1. The molecular weight excluding hydrogens is 633 g/mol. The summed E-state index contributed by atoms with van der Waals surface area (Å²) >= 11 is 12.2. The van der Waals surface area contributed by atoms with Crippen molar-refractivity contribution in [2.24, 2.45) is 5.41 Å². The fourth-order valence-electron chi connectivity index (χ4n) is 5.71. The molecular formula is C31H30Cl2F2N4O4S. The lowest BCUT2D eigenvalue weighted by Gasteiger charge is -2.37. The zero-order valence-electron chi connectivity index (χ0n) is 24.2. The average Bonchev–Trinajstić information content (AvgIpc) is 3.22. The molecule has 1 fully saturated rings. The van der Waals surface area contributed by atoms with Gasteiger partial charge in [0.2, 0.25) is 15.9 Å². The molecule has 0 spiro atoms. The van der Waals surface area contributed by atoms with Crippen LogP contribution in [0.2, 0.25) is 10.0 Å². The summed E-state index contributed by atoms with van der Waals surface area (Å²) in [6, 6.07) is 13.8. The van der Waals surface area contributed by atoms with Crippen LogP contribution in [0.15, 0.2) is 60.7 Å². The van der Waals surface area contributed by atoms with Gasteiger partial charge in [-0.3, -0.25) is 9.59 Å². The number of anilines is 1. The second kappa shape index (κ2) is 12.4. The van der Waals surface area contributed by atoms with E-state index in [-0.39, 0.29) is 32.4 Å². The Morgan fingerprint density at radius 3 is 2.30 bits per heavy atom. The number of carbonyl (C=O) groups is 2. The predicted molar refractivity (Wildman–Crippen MR) is 165 cm³/mol. The second-order valence-corrected chi connectivity index (χ2v) is 14.5. The van der Waals surface area contributed by atoms with E-state index in [9.17, 15) is 23.3 Å². The first-order valence-electron chi connectivity index (χ1n) is 13.5. The molecule has 44 heavy (non-hydrogen) atoms. The number of halogens is 4. The Hall–Kier alpha value is -3.56. The predicted octanol–water partition coefficient (Wildman–Crippen LogP) is 5.92. The number of rotatable bonds is 7. The summed E-state index contributed by atoms with van der Waals surface area (Å²) in [4.78, 5) is 26.2. The van der Waals surface area contributed by atoms with E-state index < -0.39 is 62.3 Å². The van der Waals surface area contributed by atoms with Gasteiger partial charge in [-0.1, -0.05) is 62.2 Å². The summed E-state index contributed by atoms with van der Waals surface area (Å²) < 4.78 is 56.2. The number of amides is 2. The summed E-state index contributed by atoms with van der Waals surface area (Å²) in [5.74, 6) is -4.39. The highest BCUT2D eigenvalue weighted by atomic mass is 35.5. The number of hydrogen-bond donors (Lipinski definition) is 3. The van der Waals surface area contributed by atoms with Crippen molar-refractivity contribution in [2.45, 2.75) is 50.6 Å². The minimum atomic E-state index is -3.79. The van der Waals surface area contributed by atoms with Gasteiger partial charge in [-0.25, -0.2) is 21.9 Å². The maximum atomic E-state index is 15.8. The Balaban J connectivity index is 1.84. The molecule has 1 aliphatic heterocycles.